The molecule has 59 heavy (non-hydrogen) atoms. The molecule has 5 bridgehead atoms. The number of methoxy groups -OCH3 is 1. The van der Waals surface area contributed by atoms with Gasteiger partial charge in [0, 0.05) is 91.4 Å². The molecule has 0 spiro atoms. The number of amides is 1. The number of piperazine rings is 1. The van der Waals surface area contributed by atoms with Gasteiger partial charge in [0.15, 0.2) is 5.75 Å². The van der Waals surface area contributed by atoms with Gasteiger partial charge in [-0.25, -0.2) is 0 Å². The number of ketones is 1. The van der Waals surface area contributed by atoms with E-state index in [2.05, 4.69) is 10.4 Å². The Balaban J connectivity index is 1.69. The summed E-state index contributed by atoms with van der Waals surface area (Å²) in [5.41, 5.74) is -0.716. The quantitative estimate of drug-likeness (QED) is 0.109. The van der Waals surface area contributed by atoms with E-state index in [0.29, 0.717) is 0 Å². The van der Waals surface area contributed by atoms with E-state index in [1.165, 1.54) is 58.1 Å². The number of benzene rings is 2. The first kappa shape index (κ1) is 40.6. The zero-order valence-corrected chi connectivity index (χ0v) is 34.8. The predicted molar refractivity (Wildman–Crippen MR) is 220 cm³/mol. The lowest BCUT2D eigenvalue weighted by Gasteiger charge is -2.38. The van der Waals surface area contributed by atoms with Crippen molar-refractivity contribution in [3.63, 3.8) is 0 Å². The van der Waals surface area contributed by atoms with E-state index in [0.717, 1.165) is 6.21 Å². The van der Waals surface area contributed by atoms with Gasteiger partial charge in [-0.05, 0) is 26.9 Å². The van der Waals surface area contributed by atoms with Crippen LogP contribution in [0.4, 0.5) is 5.69 Å². The first-order valence-corrected chi connectivity index (χ1v) is 19.6. The Hall–Kier alpha value is -5.16. The van der Waals surface area contributed by atoms with Gasteiger partial charge in [0.25, 0.3) is 11.7 Å². The number of carbonyl (C=O) groups excluding carboxylic acids is 3. The number of aliphatic hydroxyl groups excluding tert-OH is 2. The molecule has 0 unspecified atom stereocenters. The molecule has 6 N–H and O–H groups in total. The van der Waals surface area contributed by atoms with Crippen LogP contribution in [0.3, 0.4) is 0 Å². The number of carbonyl (C=O) groups is 3. The van der Waals surface area contributed by atoms with Crippen molar-refractivity contribution in [3.05, 3.63) is 52.8 Å². The molecule has 4 aliphatic heterocycles. The normalized spacial score (nSPS) is 33.0. The average Bonchev–Trinajstić information content (AvgIpc) is 3.48. The summed E-state index contributed by atoms with van der Waals surface area (Å²) in [5.74, 6) is -8.92. The second-order valence-electron chi connectivity index (χ2n) is 15.8. The smallest absolute Gasteiger partial charge is 0.312 e. The van der Waals surface area contributed by atoms with Gasteiger partial charge in [0.1, 0.15) is 23.4 Å². The van der Waals surface area contributed by atoms with Gasteiger partial charge < -0.3 is 54.7 Å². The van der Waals surface area contributed by atoms with Crippen molar-refractivity contribution in [1.29, 1.82) is 0 Å². The van der Waals surface area contributed by atoms with Crippen LogP contribution in [0.15, 0.2) is 41.2 Å². The van der Waals surface area contributed by atoms with E-state index in [4.69, 9.17) is 23.1 Å². The second-order valence-corrected chi connectivity index (χ2v) is 15.8. The third kappa shape index (κ3) is 8.91. The van der Waals surface area contributed by atoms with Crippen molar-refractivity contribution < 1.29 is 63.0 Å². The molecule has 4 heterocycles. The summed E-state index contributed by atoms with van der Waals surface area (Å²) < 4.78 is 46.7. The zero-order chi connectivity index (χ0) is 46.2. The number of ether oxygens (including phenoxy) is 4. The average molecular weight is 826 g/mol. The van der Waals surface area contributed by atoms with Crippen molar-refractivity contribution in [2.24, 2.45) is 28.8 Å². The second kappa shape index (κ2) is 18.0. The van der Waals surface area contributed by atoms with E-state index >= 15 is 0 Å². The Bertz CT molecular complexity index is 2180. The lowest BCUT2D eigenvalue weighted by atomic mass is 9.78. The highest BCUT2D eigenvalue weighted by molar-refractivity contribution is 6.23. The summed E-state index contributed by atoms with van der Waals surface area (Å²) in [7, 11) is 1.42. The number of hydrazone groups is 1. The number of likely N-dealkylation sites (N-methyl/N-ethyl adjacent to an activating group) is 1. The predicted octanol–water partition coefficient (Wildman–Crippen LogP) is 4.34. The molecule has 1 amide bonds. The van der Waals surface area contributed by atoms with E-state index < -0.39 is 95.8 Å². The van der Waals surface area contributed by atoms with E-state index in [9.17, 15) is 39.9 Å². The number of fused-ring (bicyclic) bond motifs is 14. The Morgan fingerprint density at radius 3 is 2.29 bits per heavy atom. The lowest BCUT2D eigenvalue weighted by molar-refractivity contribution is -0.160. The highest BCUT2D eigenvalue weighted by Crippen LogP contribution is 2.55. The number of nitrogens with zero attached hydrogens (tertiary/aromatic N) is 3. The molecule has 16 heteroatoms. The van der Waals surface area contributed by atoms with Crippen molar-refractivity contribution in [2.45, 2.75) is 85.6 Å². The highest BCUT2D eigenvalue weighted by Gasteiger charge is 2.50. The van der Waals surface area contributed by atoms with Gasteiger partial charge in [0.2, 0.25) is 0 Å². The van der Waals surface area contributed by atoms with Crippen molar-refractivity contribution >= 4 is 40.3 Å². The molecule has 1 fully saturated rings. The molecule has 2 aromatic rings. The number of allylic oxidation sites excluding steroid dienone is 2. The molecular formula is C43H58N4O12. The maximum atomic E-state index is 14.5. The maximum absolute atomic E-state index is 14.5. The molecule has 0 aliphatic carbocycles. The van der Waals surface area contributed by atoms with Gasteiger partial charge in [-0.1, -0.05) is 45.9 Å². The molecule has 0 radical (unpaired) electrons. The van der Waals surface area contributed by atoms with Crippen LogP contribution in [0.5, 0.6) is 23.0 Å². The fraction of sp³-hybridized carbons (Fsp3) is 0.535. The fourth-order valence-electron chi connectivity index (χ4n) is 7.82. The van der Waals surface area contributed by atoms with E-state index in [1.807, 2.05) is 0 Å². The molecule has 0 saturated carbocycles. The van der Waals surface area contributed by atoms with Gasteiger partial charge >= 0.3 is 11.8 Å². The highest BCUT2D eigenvalue weighted by atomic mass is 16.7. The monoisotopic (exact) mass is 825 g/mol. The number of aromatic hydroxyl groups is 3. The number of rotatable bonds is 4. The summed E-state index contributed by atoms with van der Waals surface area (Å²) in [5, 5.41) is 66.4. The number of phenols is 3. The van der Waals surface area contributed by atoms with Crippen LogP contribution in [0, 0.1) is 30.6 Å². The molecule has 2 aromatic carbocycles. The van der Waals surface area contributed by atoms with Crippen LogP contribution in [0.1, 0.15) is 74.1 Å². The number of esters is 1. The Kier molecular flexibility index (Phi) is 12.4. The Morgan fingerprint density at radius 1 is 0.983 bits per heavy atom. The number of phenolic OH excluding ortho intramolecular Hbond substituents is 3. The maximum Gasteiger partial charge on any atom is 0.312 e. The first-order chi connectivity index (χ1) is 28.9. The van der Waals surface area contributed by atoms with Gasteiger partial charge in [-0.15, -0.1) is 0 Å². The van der Waals surface area contributed by atoms with Crippen LogP contribution in [0.2, 0.25) is 0 Å². The number of hydrogen-bond donors (Lipinski definition) is 6. The van der Waals surface area contributed by atoms with E-state index in [1.54, 1.807) is 44.9 Å². The largest absolute Gasteiger partial charge is 0.507 e. The standard InChI is InChI=1S/C43H58N4O12/c1-21-12-11-13-22(2)42(55)45-33-28(20-44-47-17-15-46(9)16-18-47)37(52)30-31(38(33)53)36(51)26(6)40-32(30)41(54)43(8,59-40)57-19-14-29(56-10)23(3)39(58-27(7)48)25(5)35(50)24(4)34(21)49/h11-14,19-21,23-25,29,34-35,39,49-53H,15-18H2,1-10H3,(H,45,55)/b12-11+,19-14+,22-13-,44-20+/t21-,23+,24+,25+,29-,34-,35+,39+,43-/m0/s1/i9D3. The third-order valence-corrected chi connectivity index (χ3v) is 11.6. The number of hydrogen-bond acceptors (Lipinski definition) is 15. The van der Waals surface area contributed by atoms with Gasteiger partial charge in [0.05, 0.1) is 53.0 Å². The molecule has 322 valence electrons. The minimum absolute atomic E-state index is 0.00936. The third-order valence-electron chi connectivity index (χ3n) is 11.6. The number of Topliss-reactive ketones (excluding diaryl/α,β-unsaturated/α-hetero) is 1. The summed E-state index contributed by atoms with van der Waals surface area (Å²) in [6.45, 7) is 10.7. The Morgan fingerprint density at radius 2 is 1.66 bits per heavy atom. The summed E-state index contributed by atoms with van der Waals surface area (Å²) in [6, 6.07) is 0. The molecule has 16 nitrogen and oxygen atoms in total. The van der Waals surface area contributed by atoms with Crippen molar-refractivity contribution in [3.8, 4) is 23.0 Å². The van der Waals surface area contributed by atoms with Crippen LogP contribution in [0.25, 0.3) is 10.8 Å². The lowest BCUT2D eigenvalue weighted by Crippen LogP contribution is -2.46. The van der Waals surface area contributed by atoms with Crippen LogP contribution < -0.4 is 10.1 Å². The zero-order valence-electron chi connectivity index (χ0n) is 37.8. The number of anilines is 1. The SMILES string of the molecule is [2H]C([2H])([2H])N1CCN(/N=C/c2c3c(O)c4c(O)c(C)c5c(c4c2O)C(=O)[C@@](C)(O/C=C/[C@H](OC)[C@@H](C)[C@@H](OC(C)=O)[C@H](C)[C@H](O)[C@H](C)[C@@H](O)[C@@H](C)/C=C/C=C(/C)C(=O)N3)O5)CC1. The summed E-state index contributed by atoms with van der Waals surface area (Å²) in [6.07, 6.45) is 4.45. The van der Waals surface area contributed by atoms with Crippen LogP contribution in [-0.2, 0) is 23.8 Å². The molecule has 6 rings (SSSR count). The van der Waals surface area contributed by atoms with Gasteiger partial charge in [-0.2, -0.15) is 5.10 Å². The molecular weight excluding hydrogens is 764 g/mol. The van der Waals surface area contributed by atoms with Gasteiger partial charge in [-0.3, -0.25) is 19.4 Å². The molecule has 4 aliphatic rings. The molecule has 9 atom stereocenters. The summed E-state index contributed by atoms with van der Waals surface area (Å²) >= 11 is 0. The minimum Gasteiger partial charge on any atom is -0.507 e. The molecule has 0 aromatic heterocycles. The van der Waals surface area contributed by atoms with Crippen molar-refractivity contribution in [2.75, 3.05) is 45.6 Å². The van der Waals surface area contributed by atoms with Crippen LogP contribution in [-0.4, -0.2) is 130 Å². The minimum atomic E-state index is -2.30. The first-order valence-electron chi connectivity index (χ1n) is 21.1. The summed E-state index contributed by atoms with van der Waals surface area (Å²) in [4.78, 5) is 41.9. The van der Waals surface area contributed by atoms with Crippen molar-refractivity contribution in [1.82, 2.24) is 9.91 Å². The molecule has 1 saturated heterocycles. The fourth-order valence-corrected chi connectivity index (χ4v) is 7.82. The Labute approximate surface area is 348 Å². The number of aliphatic hydroxyl groups is 2. The van der Waals surface area contributed by atoms with E-state index in [-0.39, 0.29) is 70.7 Å². The van der Waals surface area contributed by atoms with Crippen LogP contribution >= 0.6 is 0 Å². The topological polar surface area (TPSA) is 220 Å². The number of nitrogens with one attached hydrogen (secondary N) is 1.